The predicted molar refractivity (Wildman–Crippen MR) is 127 cm³/mol. The summed E-state index contributed by atoms with van der Waals surface area (Å²) in [4.78, 5) is 0. The summed E-state index contributed by atoms with van der Waals surface area (Å²) < 4.78 is 18.2. The molecular formula is C25H44O4S. The number of allylic oxidation sites excluding steroid dienone is 3. The first-order chi connectivity index (χ1) is 13.8. The minimum absolute atomic E-state index is 0.129. The topological polar surface area (TPSA) is 47.9 Å². The lowest BCUT2D eigenvalue weighted by atomic mass is 9.91. The van der Waals surface area contributed by atoms with Crippen LogP contribution in [0.5, 0.6) is 0 Å². The van der Waals surface area contributed by atoms with Crippen LogP contribution in [-0.4, -0.2) is 46.0 Å². The van der Waals surface area contributed by atoms with Crippen molar-refractivity contribution in [3.63, 3.8) is 0 Å². The van der Waals surface area contributed by atoms with Crippen molar-refractivity contribution in [3.05, 3.63) is 23.3 Å². The highest BCUT2D eigenvalue weighted by atomic mass is 32.2. The maximum atomic E-state index is 10.7. The van der Waals surface area contributed by atoms with Gasteiger partial charge < -0.3 is 19.3 Å². The van der Waals surface area contributed by atoms with Crippen LogP contribution in [0.3, 0.4) is 0 Å². The van der Waals surface area contributed by atoms with Gasteiger partial charge in [0.05, 0.1) is 28.8 Å². The third-order valence-electron chi connectivity index (χ3n) is 6.59. The van der Waals surface area contributed by atoms with E-state index in [0.717, 1.165) is 44.9 Å². The molecule has 0 aromatic heterocycles. The Morgan fingerprint density at radius 1 is 1.13 bits per heavy atom. The van der Waals surface area contributed by atoms with Gasteiger partial charge in [0.25, 0.3) is 0 Å². The highest BCUT2D eigenvalue weighted by Gasteiger charge is 2.56. The zero-order chi connectivity index (χ0) is 22.6. The van der Waals surface area contributed by atoms with E-state index < -0.39 is 17.0 Å². The Bertz CT molecular complexity index is 633. The molecule has 174 valence electrons. The van der Waals surface area contributed by atoms with Crippen LogP contribution in [0, 0.1) is 0 Å². The Morgan fingerprint density at radius 2 is 1.77 bits per heavy atom. The second-order valence-electron chi connectivity index (χ2n) is 10.4. The zero-order valence-electron chi connectivity index (χ0n) is 20.5. The number of rotatable bonds is 12. The molecule has 1 aliphatic carbocycles. The molecule has 1 aliphatic heterocycles. The normalized spacial score (nSPS) is 27.2. The van der Waals surface area contributed by atoms with Crippen molar-refractivity contribution in [2.45, 2.75) is 122 Å². The number of hydrogen-bond acceptors (Lipinski definition) is 5. The summed E-state index contributed by atoms with van der Waals surface area (Å²) in [5, 5.41) is 10.7. The van der Waals surface area contributed by atoms with Crippen molar-refractivity contribution in [1.29, 1.82) is 0 Å². The van der Waals surface area contributed by atoms with E-state index in [1.54, 1.807) is 11.8 Å². The minimum Gasteiger partial charge on any atom is -0.387 e. The molecule has 2 fully saturated rings. The Balaban J connectivity index is 1.78. The molecular weight excluding hydrogens is 396 g/mol. The molecule has 1 N–H and O–H groups in total. The van der Waals surface area contributed by atoms with Crippen molar-refractivity contribution in [1.82, 2.24) is 0 Å². The van der Waals surface area contributed by atoms with E-state index in [4.69, 9.17) is 14.2 Å². The van der Waals surface area contributed by atoms with Crippen LogP contribution < -0.4 is 0 Å². The molecule has 1 unspecified atom stereocenters. The third-order valence-corrected chi connectivity index (χ3v) is 6.94. The van der Waals surface area contributed by atoms with Crippen LogP contribution in [0.25, 0.3) is 0 Å². The maximum Gasteiger partial charge on any atom is 0.164 e. The molecule has 1 saturated heterocycles. The molecule has 0 spiro atoms. The molecule has 2 atom stereocenters. The number of thioether (sulfide) groups is 1. The van der Waals surface area contributed by atoms with Crippen LogP contribution in [0.1, 0.15) is 93.4 Å². The van der Waals surface area contributed by atoms with Crippen molar-refractivity contribution >= 4 is 11.8 Å². The molecule has 1 saturated carbocycles. The van der Waals surface area contributed by atoms with Crippen LogP contribution >= 0.6 is 11.8 Å². The SMILES string of the molecule is CSCO[C@](C)(C/C=C(\C)CC/C=C(\C)CCC1OC(C)(C)OC1(C)C)C1(O)CC1. The molecule has 2 rings (SSSR count). The summed E-state index contributed by atoms with van der Waals surface area (Å²) in [6.07, 6.45) is 13.3. The highest BCUT2D eigenvalue weighted by Crippen LogP contribution is 2.49. The summed E-state index contributed by atoms with van der Waals surface area (Å²) in [6, 6.07) is 0. The average molecular weight is 441 g/mol. The second kappa shape index (κ2) is 10.1. The van der Waals surface area contributed by atoms with Crippen molar-refractivity contribution in [2.24, 2.45) is 0 Å². The van der Waals surface area contributed by atoms with Gasteiger partial charge in [0.15, 0.2) is 5.79 Å². The van der Waals surface area contributed by atoms with E-state index >= 15 is 0 Å². The van der Waals surface area contributed by atoms with Crippen molar-refractivity contribution < 1.29 is 19.3 Å². The lowest BCUT2D eigenvalue weighted by molar-refractivity contribution is -0.157. The summed E-state index contributed by atoms with van der Waals surface area (Å²) >= 11 is 1.66. The first kappa shape index (κ1) is 25.9. The van der Waals surface area contributed by atoms with Crippen LogP contribution in [0.4, 0.5) is 0 Å². The molecule has 4 nitrogen and oxygen atoms in total. The van der Waals surface area contributed by atoms with Gasteiger partial charge >= 0.3 is 0 Å². The molecule has 0 aromatic carbocycles. The highest BCUT2D eigenvalue weighted by molar-refractivity contribution is 7.98. The van der Waals surface area contributed by atoms with E-state index in [0.29, 0.717) is 5.94 Å². The van der Waals surface area contributed by atoms with Crippen molar-refractivity contribution in [3.8, 4) is 0 Å². The van der Waals surface area contributed by atoms with Gasteiger partial charge in [-0.25, -0.2) is 0 Å². The summed E-state index contributed by atoms with van der Waals surface area (Å²) in [7, 11) is 0. The van der Waals surface area contributed by atoms with E-state index in [2.05, 4.69) is 46.8 Å². The van der Waals surface area contributed by atoms with Crippen LogP contribution in [0.2, 0.25) is 0 Å². The van der Waals surface area contributed by atoms with E-state index in [1.165, 1.54) is 11.1 Å². The Labute approximate surface area is 188 Å². The maximum absolute atomic E-state index is 10.7. The Kier molecular flexibility index (Phi) is 8.71. The molecule has 0 amide bonds. The molecule has 0 radical (unpaired) electrons. The zero-order valence-corrected chi connectivity index (χ0v) is 21.3. The smallest absolute Gasteiger partial charge is 0.164 e. The molecule has 0 aromatic rings. The van der Waals surface area contributed by atoms with Gasteiger partial charge in [0, 0.05) is 0 Å². The number of aliphatic hydroxyl groups is 1. The van der Waals surface area contributed by atoms with Gasteiger partial charge in [0.1, 0.15) is 0 Å². The average Bonchev–Trinajstić information content (AvgIpc) is 3.35. The summed E-state index contributed by atoms with van der Waals surface area (Å²) in [5.74, 6) is 0.132. The van der Waals surface area contributed by atoms with Gasteiger partial charge in [-0.2, -0.15) is 0 Å². The summed E-state index contributed by atoms with van der Waals surface area (Å²) in [6.45, 7) is 14.7. The monoisotopic (exact) mass is 440 g/mol. The largest absolute Gasteiger partial charge is 0.387 e. The van der Waals surface area contributed by atoms with Crippen molar-refractivity contribution in [2.75, 3.05) is 12.2 Å². The van der Waals surface area contributed by atoms with Gasteiger partial charge in [-0.05, 0) is 99.7 Å². The Hall–Kier alpha value is -0.330. The van der Waals surface area contributed by atoms with Gasteiger partial charge in [0.2, 0.25) is 0 Å². The second-order valence-corrected chi connectivity index (χ2v) is 11.2. The third kappa shape index (κ3) is 7.09. The molecule has 1 heterocycles. The fraction of sp³-hybridized carbons (Fsp3) is 0.840. The fourth-order valence-corrected chi connectivity index (χ4v) is 4.69. The first-order valence-corrected chi connectivity index (χ1v) is 12.8. The van der Waals surface area contributed by atoms with Gasteiger partial charge in [-0.15, -0.1) is 11.8 Å². The molecule has 5 heteroatoms. The van der Waals surface area contributed by atoms with E-state index in [9.17, 15) is 5.11 Å². The molecule has 2 aliphatic rings. The summed E-state index contributed by atoms with van der Waals surface area (Å²) in [5.41, 5.74) is 1.40. The predicted octanol–water partition coefficient (Wildman–Crippen LogP) is 6.38. The van der Waals surface area contributed by atoms with Crippen LogP contribution in [-0.2, 0) is 14.2 Å². The lowest BCUT2D eigenvalue weighted by Crippen LogP contribution is -2.43. The van der Waals surface area contributed by atoms with E-state index in [1.807, 2.05) is 20.1 Å². The fourth-order valence-electron chi connectivity index (χ4n) is 4.31. The first-order valence-electron chi connectivity index (χ1n) is 11.4. The van der Waals surface area contributed by atoms with Crippen LogP contribution in [0.15, 0.2) is 23.3 Å². The van der Waals surface area contributed by atoms with Gasteiger partial charge in [-0.3, -0.25) is 0 Å². The Morgan fingerprint density at radius 3 is 2.30 bits per heavy atom. The molecule has 0 bridgehead atoms. The quantitative estimate of drug-likeness (QED) is 0.282. The number of ether oxygens (including phenoxy) is 3. The lowest BCUT2D eigenvalue weighted by Gasteiger charge is -2.34. The molecule has 30 heavy (non-hydrogen) atoms. The van der Waals surface area contributed by atoms with E-state index in [-0.39, 0.29) is 11.7 Å². The minimum atomic E-state index is -0.648. The number of hydrogen-bond donors (Lipinski definition) is 1. The van der Waals surface area contributed by atoms with Gasteiger partial charge in [-0.1, -0.05) is 23.3 Å². The standard InChI is InChI=1S/C25H44O4S/c1-19(12-13-21-22(3,4)29-23(5,6)28-21)10-9-11-20(2)14-15-24(7,27-18-30-8)25(26)16-17-25/h10,14,21,26H,9,11-13,15-18H2,1-8H3/b19-10+,20-14+/t21?,24-/m1/s1.